The van der Waals surface area contributed by atoms with Crippen molar-refractivity contribution >= 4 is 11.0 Å². The van der Waals surface area contributed by atoms with E-state index in [1.807, 2.05) is 19.1 Å². The highest BCUT2D eigenvalue weighted by atomic mass is 16.4. The Morgan fingerprint density at radius 1 is 1.31 bits per heavy atom. The smallest absolute Gasteiger partial charge is 0.336 e. The van der Waals surface area contributed by atoms with Crippen LogP contribution in [0.25, 0.3) is 11.0 Å². The van der Waals surface area contributed by atoms with Gasteiger partial charge in [0.1, 0.15) is 5.58 Å². The van der Waals surface area contributed by atoms with Gasteiger partial charge in [-0.05, 0) is 36.5 Å². The molecule has 0 aliphatic heterocycles. The number of hydrogen-bond acceptors (Lipinski definition) is 2. The molecule has 1 aromatic carbocycles. The van der Waals surface area contributed by atoms with Crippen molar-refractivity contribution in [1.82, 2.24) is 0 Å². The van der Waals surface area contributed by atoms with Crippen LogP contribution in [0.3, 0.4) is 0 Å². The fraction of sp³-hybridized carbons (Fsp3) is 0.357. The lowest BCUT2D eigenvalue weighted by Crippen LogP contribution is -1.99. The van der Waals surface area contributed by atoms with Crippen molar-refractivity contribution in [3.63, 3.8) is 0 Å². The summed E-state index contributed by atoms with van der Waals surface area (Å²) in [5.74, 6) is 0.496. The summed E-state index contributed by atoms with van der Waals surface area (Å²) in [4.78, 5) is 11.3. The molecule has 1 aromatic heterocycles. The van der Waals surface area contributed by atoms with Crippen molar-refractivity contribution in [2.24, 2.45) is 0 Å². The molecule has 0 amide bonds. The summed E-state index contributed by atoms with van der Waals surface area (Å²) in [5, 5.41) is 1.02. The first-order chi connectivity index (χ1) is 7.61. The molecule has 1 heterocycles. The summed E-state index contributed by atoms with van der Waals surface area (Å²) >= 11 is 0. The second kappa shape index (κ2) is 4.12. The first-order valence-electron chi connectivity index (χ1n) is 5.66. The van der Waals surface area contributed by atoms with Crippen LogP contribution < -0.4 is 5.63 Å². The molecule has 0 saturated carbocycles. The third-order valence-corrected chi connectivity index (χ3v) is 3.16. The van der Waals surface area contributed by atoms with Crippen LogP contribution in [0.1, 0.15) is 37.3 Å². The molecule has 0 saturated heterocycles. The highest BCUT2D eigenvalue weighted by Crippen LogP contribution is 2.24. The van der Waals surface area contributed by atoms with Crippen LogP contribution in [0.15, 0.2) is 33.5 Å². The molecule has 2 aromatic rings. The van der Waals surface area contributed by atoms with Gasteiger partial charge in [0.25, 0.3) is 0 Å². The van der Waals surface area contributed by atoms with Crippen LogP contribution in [0, 0.1) is 6.92 Å². The van der Waals surface area contributed by atoms with E-state index in [2.05, 4.69) is 19.9 Å². The van der Waals surface area contributed by atoms with Crippen molar-refractivity contribution in [3.8, 4) is 0 Å². The number of hydrogen-bond donors (Lipinski definition) is 0. The minimum Gasteiger partial charge on any atom is -0.423 e. The van der Waals surface area contributed by atoms with Crippen LogP contribution in [-0.4, -0.2) is 0 Å². The Morgan fingerprint density at radius 3 is 2.75 bits per heavy atom. The lowest BCUT2D eigenvalue weighted by atomic mass is 9.97. The molecule has 0 aliphatic carbocycles. The maximum atomic E-state index is 11.3. The SMILES string of the molecule is CCC(C)c1ccc2c(C)cc(=O)oc2c1. The molecule has 0 radical (unpaired) electrons. The zero-order chi connectivity index (χ0) is 11.7. The standard InChI is InChI=1S/C14H16O2/c1-4-9(2)11-5-6-12-10(3)7-14(15)16-13(12)8-11/h5-9H,4H2,1-3H3. The molecule has 2 nitrogen and oxygen atoms in total. The van der Waals surface area contributed by atoms with Gasteiger partial charge in [-0.25, -0.2) is 4.79 Å². The molecule has 0 spiro atoms. The minimum absolute atomic E-state index is 0.272. The van der Waals surface area contributed by atoms with E-state index in [1.54, 1.807) is 0 Å². The summed E-state index contributed by atoms with van der Waals surface area (Å²) in [5.41, 5.74) is 2.62. The normalized spacial score (nSPS) is 12.9. The van der Waals surface area contributed by atoms with Gasteiger partial charge in [-0.1, -0.05) is 26.0 Å². The third kappa shape index (κ3) is 1.87. The summed E-state index contributed by atoms with van der Waals surface area (Å²) in [7, 11) is 0. The molecular formula is C14H16O2. The quantitative estimate of drug-likeness (QED) is 0.718. The number of rotatable bonds is 2. The molecule has 16 heavy (non-hydrogen) atoms. The fourth-order valence-corrected chi connectivity index (χ4v) is 1.88. The Hall–Kier alpha value is -1.57. The first-order valence-corrected chi connectivity index (χ1v) is 5.66. The largest absolute Gasteiger partial charge is 0.423 e. The molecule has 0 aliphatic rings. The van der Waals surface area contributed by atoms with Crippen molar-refractivity contribution in [2.45, 2.75) is 33.1 Å². The van der Waals surface area contributed by atoms with Gasteiger partial charge >= 0.3 is 5.63 Å². The second-order valence-corrected chi connectivity index (χ2v) is 4.31. The summed E-state index contributed by atoms with van der Waals surface area (Å²) < 4.78 is 5.22. The molecular weight excluding hydrogens is 200 g/mol. The van der Waals surface area contributed by atoms with E-state index >= 15 is 0 Å². The van der Waals surface area contributed by atoms with Gasteiger partial charge < -0.3 is 4.42 Å². The molecule has 0 bridgehead atoms. The van der Waals surface area contributed by atoms with Crippen LogP contribution in [0.4, 0.5) is 0 Å². The Kier molecular flexibility index (Phi) is 2.82. The second-order valence-electron chi connectivity index (χ2n) is 4.31. The highest BCUT2D eigenvalue weighted by Gasteiger charge is 2.07. The van der Waals surface area contributed by atoms with Gasteiger partial charge in [-0.15, -0.1) is 0 Å². The van der Waals surface area contributed by atoms with Crippen molar-refractivity contribution in [3.05, 3.63) is 45.8 Å². The zero-order valence-corrected chi connectivity index (χ0v) is 9.91. The topological polar surface area (TPSA) is 30.2 Å². The predicted octanol–water partition coefficient (Wildman–Crippen LogP) is 3.61. The Bertz CT molecular complexity index is 566. The number of aryl methyl sites for hydroxylation is 1. The van der Waals surface area contributed by atoms with Crippen molar-refractivity contribution in [1.29, 1.82) is 0 Å². The molecule has 2 heteroatoms. The number of benzene rings is 1. The Morgan fingerprint density at radius 2 is 2.06 bits per heavy atom. The summed E-state index contributed by atoms with van der Waals surface area (Å²) in [6, 6.07) is 7.67. The van der Waals surface area contributed by atoms with Gasteiger partial charge in [0.15, 0.2) is 0 Å². The Balaban J connectivity index is 2.66. The Labute approximate surface area is 94.9 Å². The molecule has 1 atom stereocenters. The van der Waals surface area contributed by atoms with Gasteiger partial charge in [-0.3, -0.25) is 0 Å². The molecule has 84 valence electrons. The maximum Gasteiger partial charge on any atom is 0.336 e. The fourth-order valence-electron chi connectivity index (χ4n) is 1.88. The van der Waals surface area contributed by atoms with E-state index in [1.165, 1.54) is 11.6 Å². The maximum absolute atomic E-state index is 11.3. The lowest BCUT2D eigenvalue weighted by Gasteiger charge is -2.09. The van der Waals surface area contributed by atoms with Crippen molar-refractivity contribution < 1.29 is 4.42 Å². The van der Waals surface area contributed by atoms with E-state index in [9.17, 15) is 4.79 Å². The van der Waals surface area contributed by atoms with E-state index in [-0.39, 0.29) is 5.63 Å². The van der Waals surface area contributed by atoms with Crippen LogP contribution in [0.2, 0.25) is 0 Å². The summed E-state index contributed by atoms with van der Waals surface area (Å²) in [6.07, 6.45) is 1.08. The van der Waals surface area contributed by atoms with Crippen LogP contribution in [0.5, 0.6) is 0 Å². The molecule has 0 N–H and O–H groups in total. The third-order valence-electron chi connectivity index (χ3n) is 3.16. The average Bonchev–Trinajstić information content (AvgIpc) is 2.27. The zero-order valence-electron chi connectivity index (χ0n) is 9.91. The van der Waals surface area contributed by atoms with Gasteiger partial charge in [0, 0.05) is 11.5 Å². The van der Waals surface area contributed by atoms with Crippen LogP contribution in [-0.2, 0) is 0 Å². The number of fused-ring (bicyclic) bond motifs is 1. The first kappa shape index (κ1) is 10.9. The average molecular weight is 216 g/mol. The van der Waals surface area contributed by atoms with Gasteiger partial charge in [0.05, 0.1) is 0 Å². The molecule has 2 rings (SSSR count). The van der Waals surface area contributed by atoms with E-state index in [4.69, 9.17) is 4.42 Å². The molecule has 0 fully saturated rings. The predicted molar refractivity (Wildman–Crippen MR) is 65.9 cm³/mol. The van der Waals surface area contributed by atoms with Gasteiger partial charge in [0.2, 0.25) is 0 Å². The van der Waals surface area contributed by atoms with E-state index in [0.717, 1.165) is 17.4 Å². The van der Waals surface area contributed by atoms with Gasteiger partial charge in [-0.2, -0.15) is 0 Å². The lowest BCUT2D eigenvalue weighted by molar-refractivity contribution is 0.558. The van der Waals surface area contributed by atoms with Crippen molar-refractivity contribution in [2.75, 3.05) is 0 Å². The van der Waals surface area contributed by atoms with Crippen LogP contribution >= 0.6 is 0 Å². The monoisotopic (exact) mass is 216 g/mol. The molecule has 1 unspecified atom stereocenters. The van der Waals surface area contributed by atoms with E-state index < -0.39 is 0 Å². The summed E-state index contributed by atoms with van der Waals surface area (Å²) in [6.45, 7) is 6.26. The van der Waals surface area contributed by atoms with E-state index in [0.29, 0.717) is 11.5 Å². The minimum atomic E-state index is -0.272. The highest BCUT2D eigenvalue weighted by molar-refractivity contribution is 5.80.